The van der Waals surface area contributed by atoms with Gasteiger partial charge in [-0.25, -0.2) is 4.79 Å². The largest absolute Gasteiger partial charge is 0.467 e. The minimum Gasteiger partial charge on any atom is -0.467 e. The fraction of sp³-hybridized carbons (Fsp3) is 0.385. The maximum absolute atomic E-state index is 12.0. The molecule has 1 N–H and O–H groups in total. The Morgan fingerprint density at radius 3 is 2.35 bits per heavy atom. The Kier molecular flexibility index (Phi) is 5.54. The third kappa shape index (κ3) is 5.29. The van der Waals surface area contributed by atoms with Gasteiger partial charge in [-0.3, -0.25) is 4.79 Å². The molecule has 0 aliphatic rings. The zero-order valence-corrected chi connectivity index (χ0v) is 10.7. The van der Waals surface area contributed by atoms with Gasteiger partial charge in [0.25, 0.3) is 0 Å². The highest BCUT2D eigenvalue weighted by Crippen LogP contribution is 2.22. The van der Waals surface area contributed by atoms with Crippen molar-refractivity contribution in [3.8, 4) is 0 Å². The smallest absolute Gasteiger partial charge is 0.389 e. The molecule has 0 saturated heterocycles. The van der Waals surface area contributed by atoms with Gasteiger partial charge in [0.2, 0.25) is 5.91 Å². The van der Waals surface area contributed by atoms with Crippen molar-refractivity contribution in [2.24, 2.45) is 0 Å². The summed E-state index contributed by atoms with van der Waals surface area (Å²) < 4.78 is 40.6. The average molecular weight is 289 g/mol. The summed E-state index contributed by atoms with van der Waals surface area (Å²) in [4.78, 5) is 23.1. The molecule has 1 amide bonds. The number of benzene rings is 1. The van der Waals surface area contributed by atoms with Crippen LogP contribution in [0, 0.1) is 0 Å². The molecule has 0 radical (unpaired) electrons. The molecule has 7 heteroatoms. The highest BCUT2D eigenvalue weighted by molar-refractivity contribution is 5.85. The van der Waals surface area contributed by atoms with E-state index in [-0.39, 0.29) is 0 Å². The zero-order valence-electron chi connectivity index (χ0n) is 10.7. The Balaban J connectivity index is 2.72. The molecule has 1 atom stereocenters. The SMILES string of the molecule is COC(=O)C(NC(=O)CCC(F)(F)F)c1ccccc1. The first-order valence-corrected chi connectivity index (χ1v) is 5.82. The van der Waals surface area contributed by atoms with Crippen LogP contribution < -0.4 is 5.32 Å². The monoisotopic (exact) mass is 289 g/mol. The van der Waals surface area contributed by atoms with Crippen molar-refractivity contribution in [1.29, 1.82) is 0 Å². The molecule has 0 spiro atoms. The summed E-state index contributed by atoms with van der Waals surface area (Å²) >= 11 is 0. The Morgan fingerprint density at radius 1 is 1.25 bits per heavy atom. The first kappa shape index (κ1) is 16.0. The van der Waals surface area contributed by atoms with Gasteiger partial charge in [-0.2, -0.15) is 13.2 Å². The van der Waals surface area contributed by atoms with Crippen LogP contribution in [-0.4, -0.2) is 25.2 Å². The summed E-state index contributed by atoms with van der Waals surface area (Å²) in [7, 11) is 1.14. The van der Waals surface area contributed by atoms with Crippen LogP contribution in [0.1, 0.15) is 24.4 Å². The predicted octanol–water partition coefficient (Wildman–Crippen LogP) is 2.36. The van der Waals surface area contributed by atoms with Gasteiger partial charge in [0.15, 0.2) is 6.04 Å². The van der Waals surface area contributed by atoms with Crippen molar-refractivity contribution in [3.63, 3.8) is 0 Å². The number of ether oxygens (including phenoxy) is 1. The van der Waals surface area contributed by atoms with E-state index in [1.165, 1.54) is 0 Å². The molecule has 0 aliphatic carbocycles. The quantitative estimate of drug-likeness (QED) is 0.847. The van der Waals surface area contributed by atoms with Crippen molar-refractivity contribution >= 4 is 11.9 Å². The van der Waals surface area contributed by atoms with Crippen LogP contribution in [0.3, 0.4) is 0 Å². The van der Waals surface area contributed by atoms with Crippen LogP contribution in [0.2, 0.25) is 0 Å². The third-order valence-electron chi connectivity index (χ3n) is 2.51. The summed E-state index contributed by atoms with van der Waals surface area (Å²) in [6.45, 7) is 0. The lowest BCUT2D eigenvalue weighted by Crippen LogP contribution is -2.35. The van der Waals surface area contributed by atoms with E-state index in [4.69, 9.17) is 0 Å². The van der Waals surface area contributed by atoms with E-state index >= 15 is 0 Å². The van der Waals surface area contributed by atoms with Gasteiger partial charge >= 0.3 is 12.1 Å². The number of carbonyl (C=O) groups excluding carboxylic acids is 2. The van der Waals surface area contributed by atoms with E-state index < -0.39 is 36.9 Å². The molecule has 0 heterocycles. The van der Waals surface area contributed by atoms with E-state index in [1.807, 2.05) is 0 Å². The number of halogens is 3. The second-order valence-corrected chi connectivity index (χ2v) is 4.05. The van der Waals surface area contributed by atoms with Gasteiger partial charge in [0, 0.05) is 6.42 Å². The van der Waals surface area contributed by atoms with Crippen LogP contribution in [0.15, 0.2) is 30.3 Å². The number of amides is 1. The van der Waals surface area contributed by atoms with E-state index in [9.17, 15) is 22.8 Å². The summed E-state index contributed by atoms with van der Waals surface area (Å²) in [5.41, 5.74) is 0.444. The summed E-state index contributed by atoms with van der Waals surface area (Å²) in [5, 5.41) is 2.24. The number of esters is 1. The lowest BCUT2D eigenvalue weighted by molar-refractivity contribution is -0.148. The number of nitrogens with one attached hydrogen (secondary N) is 1. The Hall–Kier alpha value is -2.05. The number of rotatable bonds is 5. The lowest BCUT2D eigenvalue weighted by Gasteiger charge is -2.17. The topological polar surface area (TPSA) is 55.4 Å². The fourth-order valence-electron chi connectivity index (χ4n) is 1.53. The normalized spacial score (nSPS) is 12.6. The van der Waals surface area contributed by atoms with Gasteiger partial charge in [-0.15, -0.1) is 0 Å². The van der Waals surface area contributed by atoms with Crippen molar-refractivity contribution in [2.75, 3.05) is 7.11 Å². The van der Waals surface area contributed by atoms with Gasteiger partial charge in [-0.05, 0) is 5.56 Å². The highest BCUT2D eigenvalue weighted by Gasteiger charge is 2.29. The van der Waals surface area contributed by atoms with E-state index in [1.54, 1.807) is 30.3 Å². The average Bonchev–Trinajstić information content (AvgIpc) is 2.42. The van der Waals surface area contributed by atoms with Crippen LogP contribution in [0.25, 0.3) is 0 Å². The number of alkyl halides is 3. The molecule has 20 heavy (non-hydrogen) atoms. The van der Waals surface area contributed by atoms with Crippen LogP contribution in [0.4, 0.5) is 13.2 Å². The molecule has 0 aromatic heterocycles. The minimum absolute atomic E-state index is 0.444. The summed E-state index contributed by atoms with van der Waals surface area (Å²) in [6.07, 6.45) is -6.38. The highest BCUT2D eigenvalue weighted by atomic mass is 19.4. The molecule has 110 valence electrons. The standard InChI is InChI=1S/C13H14F3NO3/c1-20-12(19)11(9-5-3-2-4-6-9)17-10(18)7-8-13(14,15)16/h2-6,11H,7-8H2,1H3,(H,17,18). The Bertz CT molecular complexity index is 460. The van der Waals surface area contributed by atoms with Crippen molar-refractivity contribution in [1.82, 2.24) is 5.32 Å². The van der Waals surface area contributed by atoms with Gasteiger partial charge in [0.05, 0.1) is 13.5 Å². The van der Waals surface area contributed by atoms with E-state index in [2.05, 4.69) is 10.1 Å². The van der Waals surface area contributed by atoms with Crippen molar-refractivity contribution < 1.29 is 27.5 Å². The van der Waals surface area contributed by atoms with Gasteiger partial charge in [-0.1, -0.05) is 30.3 Å². The maximum atomic E-state index is 12.0. The molecule has 1 aromatic carbocycles. The zero-order chi connectivity index (χ0) is 15.2. The number of methoxy groups -OCH3 is 1. The fourth-order valence-corrected chi connectivity index (χ4v) is 1.53. The number of hydrogen-bond acceptors (Lipinski definition) is 3. The third-order valence-corrected chi connectivity index (χ3v) is 2.51. The first-order chi connectivity index (χ1) is 9.33. The minimum atomic E-state index is -4.41. The van der Waals surface area contributed by atoms with Crippen molar-refractivity contribution in [2.45, 2.75) is 25.1 Å². The van der Waals surface area contributed by atoms with Crippen LogP contribution in [0.5, 0.6) is 0 Å². The Morgan fingerprint density at radius 2 is 1.85 bits per heavy atom. The second-order valence-electron chi connectivity index (χ2n) is 4.05. The van der Waals surface area contributed by atoms with Gasteiger partial charge < -0.3 is 10.1 Å². The number of carbonyl (C=O) groups is 2. The number of hydrogen-bond donors (Lipinski definition) is 1. The molecule has 1 unspecified atom stereocenters. The molecule has 1 aromatic rings. The lowest BCUT2D eigenvalue weighted by atomic mass is 10.1. The molecule has 4 nitrogen and oxygen atoms in total. The molecule has 0 fully saturated rings. The summed E-state index contributed by atoms with van der Waals surface area (Å²) in [6, 6.07) is 7.04. The summed E-state index contributed by atoms with van der Waals surface area (Å²) in [5.74, 6) is -1.60. The molecular formula is C13H14F3NO3. The second kappa shape index (κ2) is 6.93. The van der Waals surface area contributed by atoms with Crippen LogP contribution >= 0.6 is 0 Å². The van der Waals surface area contributed by atoms with E-state index in [0.29, 0.717) is 5.56 Å². The molecule has 0 bridgehead atoms. The first-order valence-electron chi connectivity index (χ1n) is 5.82. The molecule has 1 rings (SSSR count). The molecule has 0 aliphatic heterocycles. The van der Waals surface area contributed by atoms with Gasteiger partial charge in [0.1, 0.15) is 0 Å². The predicted molar refractivity (Wildman–Crippen MR) is 64.6 cm³/mol. The maximum Gasteiger partial charge on any atom is 0.389 e. The molecule has 0 saturated carbocycles. The van der Waals surface area contributed by atoms with Crippen molar-refractivity contribution in [3.05, 3.63) is 35.9 Å². The van der Waals surface area contributed by atoms with E-state index in [0.717, 1.165) is 7.11 Å². The van der Waals surface area contributed by atoms with Crippen LogP contribution in [-0.2, 0) is 14.3 Å². The Labute approximate surface area is 113 Å². The molecular weight excluding hydrogens is 275 g/mol.